The monoisotopic (exact) mass is 371 g/mol. The van der Waals surface area contributed by atoms with Crippen LogP contribution in [0.25, 0.3) is 6.08 Å². The maximum absolute atomic E-state index is 12.3. The number of carbonyl (C=O) groups is 2. The molecule has 9 heteroatoms. The average Bonchev–Trinajstić information content (AvgIpc) is 3.32. The molecule has 0 spiro atoms. The zero-order valence-corrected chi connectivity index (χ0v) is 15.0. The third-order valence-corrected chi connectivity index (χ3v) is 5.21. The molecule has 4 heterocycles. The lowest BCUT2D eigenvalue weighted by atomic mass is 10.1. The molecule has 26 heavy (non-hydrogen) atoms. The number of fused-ring (bicyclic) bond motifs is 1. The van der Waals surface area contributed by atoms with Crippen LogP contribution in [0.4, 0.5) is 0 Å². The molecular formula is C17H17N5O3S. The minimum Gasteiger partial charge on any atom is -0.462 e. The minimum absolute atomic E-state index is 0.0221. The summed E-state index contributed by atoms with van der Waals surface area (Å²) in [6, 6.07) is 3.51. The molecule has 3 aliphatic heterocycles. The van der Waals surface area contributed by atoms with Crippen molar-refractivity contribution in [1.29, 1.82) is 5.41 Å². The molecular weight excluding hydrogens is 354 g/mol. The van der Waals surface area contributed by atoms with E-state index < -0.39 is 5.91 Å². The van der Waals surface area contributed by atoms with Gasteiger partial charge >= 0.3 is 0 Å². The number of likely N-dealkylation sites (tertiary alicyclic amines) is 1. The van der Waals surface area contributed by atoms with E-state index in [-0.39, 0.29) is 23.7 Å². The van der Waals surface area contributed by atoms with E-state index in [1.807, 2.05) is 4.90 Å². The summed E-state index contributed by atoms with van der Waals surface area (Å²) in [5, 5.41) is 14.8. The second kappa shape index (κ2) is 6.56. The van der Waals surface area contributed by atoms with Crippen LogP contribution in [-0.2, 0) is 9.59 Å². The van der Waals surface area contributed by atoms with Gasteiger partial charge in [-0.2, -0.15) is 15.1 Å². The van der Waals surface area contributed by atoms with Crippen LogP contribution in [0.15, 0.2) is 32.2 Å². The van der Waals surface area contributed by atoms with Crippen molar-refractivity contribution >= 4 is 45.7 Å². The number of thioether (sulfide) groups is 1. The number of hydrogen-bond donors (Lipinski definition) is 1. The van der Waals surface area contributed by atoms with Gasteiger partial charge in [-0.25, -0.2) is 0 Å². The number of amides is 2. The lowest BCUT2D eigenvalue weighted by Gasteiger charge is -2.19. The fourth-order valence-corrected chi connectivity index (χ4v) is 3.86. The average molecular weight is 371 g/mol. The molecule has 1 fully saturated rings. The number of aryl methyl sites for hydroxylation is 1. The van der Waals surface area contributed by atoms with Gasteiger partial charge in [-0.15, -0.1) is 0 Å². The van der Waals surface area contributed by atoms with E-state index in [1.54, 1.807) is 19.1 Å². The smallest absolute Gasteiger partial charge is 0.283 e. The van der Waals surface area contributed by atoms with Gasteiger partial charge in [0.2, 0.25) is 11.1 Å². The van der Waals surface area contributed by atoms with Crippen molar-refractivity contribution in [3.8, 4) is 0 Å². The summed E-state index contributed by atoms with van der Waals surface area (Å²) in [5.41, 5.74) is 0.111. The summed E-state index contributed by atoms with van der Waals surface area (Å²) in [6.45, 7) is 3.37. The van der Waals surface area contributed by atoms with Crippen molar-refractivity contribution in [2.45, 2.75) is 26.2 Å². The summed E-state index contributed by atoms with van der Waals surface area (Å²) < 4.78 is 5.44. The molecule has 1 N–H and O–H groups in total. The van der Waals surface area contributed by atoms with Gasteiger partial charge in [0.05, 0.1) is 12.0 Å². The molecule has 1 aromatic heterocycles. The highest BCUT2D eigenvalue weighted by Gasteiger charge is 2.36. The van der Waals surface area contributed by atoms with Crippen molar-refractivity contribution in [1.82, 2.24) is 9.91 Å². The lowest BCUT2D eigenvalue weighted by molar-refractivity contribution is -0.128. The van der Waals surface area contributed by atoms with Crippen molar-refractivity contribution in [3.05, 3.63) is 29.2 Å². The van der Waals surface area contributed by atoms with E-state index >= 15 is 0 Å². The SMILES string of the molecule is Cc1ccc(C=C2C(=N)N3N=C(CC(=O)N4CCCC4)SC3=NC2=O)o1. The van der Waals surface area contributed by atoms with Crippen LogP contribution in [0.2, 0.25) is 0 Å². The third kappa shape index (κ3) is 3.10. The maximum atomic E-state index is 12.3. The Balaban J connectivity index is 1.54. The van der Waals surface area contributed by atoms with Crippen molar-refractivity contribution in [2.24, 2.45) is 10.1 Å². The zero-order valence-electron chi connectivity index (χ0n) is 14.2. The number of nitrogens with one attached hydrogen (secondary N) is 1. The molecule has 134 valence electrons. The van der Waals surface area contributed by atoms with Crippen molar-refractivity contribution < 1.29 is 14.0 Å². The van der Waals surface area contributed by atoms with Crippen LogP contribution < -0.4 is 0 Å². The number of furan rings is 1. The molecule has 4 rings (SSSR count). The molecule has 0 radical (unpaired) electrons. The normalized spacial score (nSPS) is 21.3. The Kier molecular flexibility index (Phi) is 4.23. The first-order valence-electron chi connectivity index (χ1n) is 8.34. The zero-order chi connectivity index (χ0) is 18.3. The van der Waals surface area contributed by atoms with Gasteiger partial charge < -0.3 is 9.32 Å². The Labute approximate surface area is 154 Å². The predicted octanol–water partition coefficient (Wildman–Crippen LogP) is 2.22. The first kappa shape index (κ1) is 16.8. The van der Waals surface area contributed by atoms with Crippen LogP contribution in [0.5, 0.6) is 0 Å². The Bertz CT molecular complexity index is 892. The van der Waals surface area contributed by atoms with Gasteiger partial charge in [-0.1, -0.05) is 0 Å². The molecule has 2 amide bonds. The second-order valence-corrected chi connectivity index (χ2v) is 7.27. The number of rotatable bonds is 3. The number of carbonyl (C=O) groups excluding carboxylic acids is 2. The molecule has 0 atom stereocenters. The standard InChI is InChI=1S/C17H17N5O3S/c1-10-4-5-11(25-10)8-12-15(18)22-17(19-16(12)24)26-13(20-22)9-14(23)21-6-2-3-7-21/h4-5,8,18H,2-3,6-7,9H2,1H3. The Morgan fingerprint density at radius 3 is 2.85 bits per heavy atom. The van der Waals surface area contributed by atoms with E-state index in [1.165, 1.54) is 22.8 Å². The highest BCUT2D eigenvalue weighted by atomic mass is 32.2. The summed E-state index contributed by atoms with van der Waals surface area (Å²) in [6.07, 6.45) is 3.72. The summed E-state index contributed by atoms with van der Waals surface area (Å²) in [7, 11) is 0. The second-order valence-electron chi connectivity index (χ2n) is 6.23. The molecule has 8 nitrogen and oxygen atoms in total. The van der Waals surface area contributed by atoms with Crippen molar-refractivity contribution in [3.63, 3.8) is 0 Å². The topological polar surface area (TPSA) is 102 Å². The number of aliphatic imine (C=N–C) groups is 1. The number of amidine groups is 2. The van der Waals surface area contributed by atoms with E-state index in [2.05, 4.69) is 10.1 Å². The van der Waals surface area contributed by atoms with Gasteiger partial charge in [0.1, 0.15) is 16.6 Å². The van der Waals surface area contributed by atoms with Crippen molar-refractivity contribution in [2.75, 3.05) is 13.1 Å². The molecule has 0 saturated carbocycles. The lowest BCUT2D eigenvalue weighted by Crippen LogP contribution is -2.35. The largest absolute Gasteiger partial charge is 0.462 e. The van der Waals surface area contributed by atoms with Gasteiger partial charge in [0, 0.05) is 13.1 Å². The van der Waals surface area contributed by atoms with Gasteiger partial charge in [0.25, 0.3) is 5.91 Å². The minimum atomic E-state index is -0.509. The first-order valence-corrected chi connectivity index (χ1v) is 9.16. The predicted molar refractivity (Wildman–Crippen MR) is 98.9 cm³/mol. The van der Waals surface area contributed by atoms with Crippen LogP contribution in [-0.4, -0.2) is 50.9 Å². The van der Waals surface area contributed by atoms with Gasteiger partial charge in [0.15, 0.2) is 5.84 Å². The maximum Gasteiger partial charge on any atom is 0.283 e. The molecule has 0 unspecified atom stereocenters. The van der Waals surface area contributed by atoms with Gasteiger partial charge in [-0.05, 0) is 49.7 Å². The number of nitrogens with zero attached hydrogens (tertiary/aromatic N) is 4. The summed E-state index contributed by atoms with van der Waals surface area (Å²) in [5.74, 6) is 0.645. The first-order chi connectivity index (χ1) is 12.5. The highest BCUT2D eigenvalue weighted by Crippen LogP contribution is 2.30. The number of hydrogen-bond acceptors (Lipinski definition) is 6. The fourth-order valence-electron chi connectivity index (χ4n) is 2.98. The summed E-state index contributed by atoms with van der Waals surface area (Å²) >= 11 is 1.17. The van der Waals surface area contributed by atoms with Crippen LogP contribution in [0.1, 0.15) is 30.8 Å². The molecule has 0 aromatic carbocycles. The molecule has 1 saturated heterocycles. The van der Waals surface area contributed by atoms with Crippen LogP contribution >= 0.6 is 11.8 Å². The molecule has 1 aromatic rings. The third-order valence-electron chi connectivity index (χ3n) is 4.31. The van der Waals surface area contributed by atoms with E-state index in [4.69, 9.17) is 9.83 Å². The molecule has 0 aliphatic carbocycles. The summed E-state index contributed by atoms with van der Waals surface area (Å²) in [4.78, 5) is 30.4. The van der Waals surface area contributed by atoms with E-state index in [9.17, 15) is 9.59 Å². The van der Waals surface area contributed by atoms with Gasteiger partial charge in [-0.3, -0.25) is 15.0 Å². The van der Waals surface area contributed by atoms with Crippen LogP contribution in [0.3, 0.4) is 0 Å². The van der Waals surface area contributed by atoms with Crippen LogP contribution in [0, 0.1) is 12.3 Å². The van der Waals surface area contributed by atoms with E-state index in [0.29, 0.717) is 21.7 Å². The Morgan fingerprint density at radius 1 is 1.38 bits per heavy atom. The highest BCUT2D eigenvalue weighted by molar-refractivity contribution is 8.27. The Hall–Kier alpha value is -2.68. The quantitative estimate of drug-likeness (QED) is 0.821. The fraction of sp³-hybridized carbons (Fsp3) is 0.353. The molecule has 0 bridgehead atoms. The molecule has 3 aliphatic rings. The Morgan fingerprint density at radius 2 is 2.15 bits per heavy atom. The van der Waals surface area contributed by atoms with E-state index in [0.717, 1.165) is 25.9 Å². The number of hydrazone groups is 1.